The Balaban J connectivity index is 1.61. The Morgan fingerprint density at radius 3 is 2.72 bits per heavy atom. The number of fused-ring (bicyclic) bond motifs is 1. The molecule has 0 spiro atoms. The summed E-state index contributed by atoms with van der Waals surface area (Å²) in [4.78, 5) is 21.5. The highest BCUT2D eigenvalue weighted by atomic mass is 16.6. The number of non-ortho nitro benzene ring substituents is 1. The van der Waals surface area contributed by atoms with E-state index in [2.05, 4.69) is 20.0 Å². The molecule has 25 heavy (non-hydrogen) atoms. The minimum absolute atomic E-state index is 0.0862. The van der Waals surface area contributed by atoms with Gasteiger partial charge in [0.15, 0.2) is 5.82 Å². The number of aromatic nitrogens is 3. The third-order valence-corrected chi connectivity index (χ3v) is 4.70. The molecule has 128 valence electrons. The van der Waals surface area contributed by atoms with E-state index in [9.17, 15) is 10.1 Å². The highest BCUT2D eigenvalue weighted by molar-refractivity contribution is 5.99. The van der Waals surface area contributed by atoms with Crippen LogP contribution in [-0.2, 0) is 0 Å². The van der Waals surface area contributed by atoms with Gasteiger partial charge in [-0.15, -0.1) is 0 Å². The summed E-state index contributed by atoms with van der Waals surface area (Å²) in [5.41, 5.74) is 1.09. The van der Waals surface area contributed by atoms with Crippen molar-refractivity contribution in [1.82, 2.24) is 15.1 Å². The zero-order valence-electron chi connectivity index (χ0n) is 13.8. The van der Waals surface area contributed by atoms with Crippen molar-refractivity contribution in [3.8, 4) is 0 Å². The van der Waals surface area contributed by atoms with Gasteiger partial charge in [0, 0.05) is 48.5 Å². The average molecular weight is 339 g/mol. The quantitative estimate of drug-likeness (QED) is 0.533. The van der Waals surface area contributed by atoms with Gasteiger partial charge in [0.2, 0.25) is 5.89 Å². The van der Waals surface area contributed by atoms with Gasteiger partial charge in [-0.25, -0.2) is 0 Å². The largest absolute Gasteiger partial charge is 0.371 e. The fourth-order valence-electron chi connectivity index (χ4n) is 3.44. The first-order chi connectivity index (χ1) is 12.1. The molecule has 0 N–H and O–H groups in total. The molecule has 2 aromatic heterocycles. The number of nitro benzene ring substituents is 1. The van der Waals surface area contributed by atoms with Crippen molar-refractivity contribution in [2.75, 3.05) is 18.0 Å². The molecule has 8 heteroatoms. The van der Waals surface area contributed by atoms with Gasteiger partial charge in [-0.3, -0.25) is 15.1 Å². The van der Waals surface area contributed by atoms with Gasteiger partial charge in [-0.2, -0.15) is 4.98 Å². The lowest BCUT2D eigenvalue weighted by molar-refractivity contribution is -0.383. The lowest BCUT2D eigenvalue weighted by Crippen LogP contribution is -2.33. The third kappa shape index (κ3) is 2.79. The molecule has 3 heterocycles. The Labute approximate surface area is 143 Å². The van der Waals surface area contributed by atoms with Crippen LogP contribution in [0.1, 0.15) is 30.5 Å². The Morgan fingerprint density at radius 1 is 1.24 bits per heavy atom. The second-order valence-electron chi connectivity index (χ2n) is 6.22. The minimum atomic E-state index is -0.363. The Bertz CT molecular complexity index is 931. The molecule has 4 rings (SSSR count). The molecule has 3 aromatic rings. The van der Waals surface area contributed by atoms with Crippen LogP contribution < -0.4 is 4.90 Å². The first kappa shape index (κ1) is 15.5. The molecule has 0 radical (unpaired) electrons. The molecule has 0 aliphatic carbocycles. The number of anilines is 1. The van der Waals surface area contributed by atoms with Crippen LogP contribution in [0.5, 0.6) is 0 Å². The number of piperidine rings is 1. The smallest absolute Gasteiger partial charge is 0.278 e. The topological polar surface area (TPSA) is 98.2 Å². The maximum atomic E-state index is 11.2. The third-order valence-electron chi connectivity index (χ3n) is 4.70. The van der Waals surface area contributed by atoms with Gasteiger partial charge in [0.05, 0.1) is 10.3 Å². The van der Waals surface area contributed by atoms with E-state index in [1.165, 1.54) is 0 Å². The molecule has 1 aromatic carbocycles. The predicted octanol–water partition coefficient (Wildman–Crippen LogP) is 3.22. The fraction of sp³-hybridized carbons (Fsp3) is 0.353. The number of pyridine rings is 1. The van der Waals surface area contributed by atoms with Gasteiger partial charge >= 0.3 is 0 Å². The summed E-state index contributed by atoms with van der Waals surface area (Å²) >= 11 is 0. The van der Waals surface area contributed by atoms with Gasteiger partial charge in [0.1, 0.15) is 0 Å². The Hall–Kier alpha value is -3.03. The van der Waals surface area contributed by atoms with E-state index in [4.69, 9.17) is 4.52 Å². The van der Waals surface area contributed by atoms with Crippen LogP contribution >= 0.6 is 0 Å². The Morgan fingerprint density at radius 2 is 2.04 bits per heavy atom. The first-order valence-corrected chi connectivity index (χ1v) is 8.20. The van der Waals surface area contributed by atoms with E-state index in [1.807, 2.05) is 19.1 Å². The second kappa shape index (κ2) is 6.12. The number of hydrogen-bond acceptors (Lipinski definition) is 7. The number of nitro groups is 1. The van der Waals surface area contributed by atoms with E-state index >= 15 is 0 Å². The van der Waals surface area contributed by atoms with Crippen LogP contribution in [0.25, 0.3) is 10.8 Å². The molecule has 1 aliphatic rings. The van der Waals surface area contributed by atoms with Crippen molar-refractivity contribution in [2.24, 2.45) is 0 Å². The predicted molar refractivity (Wildman–Crippen MR) is 91.6 cm³/mol. The highest BCUT2D eigenvalue weighted by Crippen LogP contribution is 2.36. The zero-order chi connectivity index (χ0) is 17.4. The zero-order valence-corrected chi connectivity index (χ0v) is 13.8. The molecule has 1 fully saturated rings. The van der Waals surface area contributed by atoms with E-state index in [0.717, 1.165) is 37.0 Å². The number of nitrogens with zero attached hydrogens (tertiary/aromatic N) is 5. The van der Waals surface area contributed by atoms with Crippen molar-refractivity contribution in [2.45, 2.75) is 25.7 Å². The fourth-order valence-corrected chi connectivity index (χ4v) is 3.44. The number of rotatable bonds is 3. The Kier molecular flexibility index (Phi) is 3.79. The van der Waals surface area contributed by atoms with E-state index in [0.29, 0.717) is 17.1 Å². The summed E-state index contributed by atoms with van der Waals surface area (Å²) in [6.07, 6.45) is 5.05. The van der Waals surface area contributed by atoms with Crippen molar-refractivity contribution in [3.63, 3.8) is 0 Å². The standard InChI is InChI=1S/C17H17N5O3/c1-11-19-17(25-20-11)12-5-8-21(9-6-12)15-2-3-16(22(23)24)14-10-18-7-4-13(14)15/h2-4,7,10,12H,5-6,8-9H2,1H3. The summed E-state index contributed by atoms with van der Waals surface area (Å²) in [6.45, 7) is 3.49. The van der Waals surface area contributed by atoms with Crippen molar-refractivity contribution in [3.05, 3.63) is 52.4 Å². The summed E-state index contributed by atoms with van der Waals surface area (Å²) in [5.74, 6) is 1.63. The van der Waals surface area contributed by atoms with E-state index < -0.39 is 0 Å². The molecule has 0 amide bonds. The maximum absolute atomic E-state index is 11.2. The summed E-state index contributed by atoms with van der Waals surface area (Å²) in [7, 11) is 0. The van der Waals surface area contributed by atoms with Crippen LogP contribution in [0.4, 0.5) is 11.4 Å². The second-order valence-corrected chi connectivity index (χ2v) is 6.22. The number of hydrogen-bond donors (Lipinski definition) is 0. The summed E-state index contributed by atoms with van der Waals surface area (Å²) in [6, 6.07) is 5.23. The van der Waals surface area contributed by atoms with Crippen molar-refractivity contribution < 1.29 is 9.45 Å². The maximum Gasteiger partial charge on any atom is 0.278 e. The molecule has 0 unspecified atom stereocenters. The first-order valence-electron chi connectivity index (χ1n) is 8.20. The van der Waals surface area contributed by atoms with Gasteiger partial charge in [-0.05, 0) is 31.9 Å². The minimum Gasteiger partial charge on any atom is -0.371 e. The normalized spacial score (nSPS) is 15.6. The lowest BCUT2D eigenvalue weighted by atomic mass is 9.95. The van der Waals surface area contributed by atoms with Crippen LogP contribution in [0.3, 0.4) is 0 Å². The summed E-state index contributed by atoms with van der Waals surface area (Å²) < 4.78 is 5.29. The number of benzene rings is 1. The molecular formula is C17H17N5O3. The molecule has 1 saturated heterocycles. The van der Waals surface area contributed by atoms with Gasteiger partial charge in [0.25, 0.3) is 5.69 Å². The van der Waals surface area contributed by atoms with Crippen molar-refractivity contribution >= 4 is 22.1 Å². The average Bonchev–Trinajstić information content (AvgIpc) is 3.07. The molecular weight excluding hydrogens is 322 g/mol. The highest BCUT2D eigenvalue weighted by Gasteiger charge is 2.26. The monoisotopic (exact) mass is 339 g/mol. The molecule has 8 nitrogen and oxygen atoms in total. The van der Waals surface area contributed by atoms with Crippen LogP contribution in [0.15, 0.2) is 35.1 Å². The molecule has 0 atom stereocenters. The van der Waals surface area contributed by atoms with Gasteiger partial charge in [-0.1, -0.05) is 5.16 Å². The lowest BCUT2D eigenvalue weighted by Gasteiger charge is -2.32. The van der Waals surface area contributed by atoms with Crippen LogP contribution in [0.2, 0.25) is 0 Å². The van der Waals surface area contributed by atoms with E-state index in [1.54, 1.807) is 18.5 Å². The molecule has 0 saturated carbocycles. The molecule has 1 aliphatic heterocycles. The van der Waals surface area contributed by atoms with Gasteiger partial charge < -0.3 is 9.42 Å². The summed E-state index contributed by atoms with van der Waals surface area (Å²) in [5, 5.41) is 16.5. The van der Waals surface area contributed by atoms with Crippen molar-refractivity contribution in [1.29, 1.82) is 0 Å². The molecule has 0 bridgehead atoms. The van der Waals surface area contributed by atoms with Crippen LogP contribution in [0, 0.1) is 17.0 Å². The van der Waals surface area contributed by atoms with Crippen LogP contribution in [-0.4, -0.2) is 33.1 Å². The van der Waals surface area contributed by atoms with E-state index in [-0.39, 0.29) is 16.5 Å². The SMILES string of the molecule is Cc1noc(C2CCN(c3ccc([N+](=O)[O-])c4cnccc34)CC2)n1. The number of aryl methyl sites for hydroxylation is 1.